The van der Waals surface area contributed by atoms with E-state index in [-0.39, 0.29) is 12.5 Å². The van der Waals surface area contributed by atoms with E-state index >= 15 is 0 Å². The highest BCUT2D eigenvalue weighted by Gasteiger charge is 2.08. The molecule has 0 fully saturated rings. The van der Waals surface area contributed by atoms with E-state index in [9.17, 15) is 9.59 Å². The Bertz CT molecular complexity index is 936. The standard InChI is InChI=1S/C21H19NO4/c1-2-20(23)22-17-8-5-9-18(13-17)25-14-21(24)26-19-11-10-15-6-3-4-7-16(15)12-19/h3-13H,2,14H2,1H3,(H,22,23). The molecule has 132 valence electrons. The number of nitrogens with one attached hydrogen (secondary N) is 1. The summed E-state index contributed by atoms with van der Waals surface area (Å²) in [6.07, 6.45) is 0.392. The molecule has 26 heavy (non-hydrogen) atoms. The van der Waals surface area contributed by atoms with E-state index < -0.39 is 5.97 Å². The first-order valence-corrected chi connectivity index (χ1v) is 8.36. The Balaban J connectivity index is 1.58. The number of amides is 1. The smallest absolute Gasteiger partial charge is 0.349 e. The van der Waals surface area contributed by atoms with Crippen molar-refractivity contribution in [3.63, 3.8) is 0 Å². The molecule has 0 atom stereocenters. The highest BCUT2D eigenvalue weighted by molar-refractivity contribution is 5.90. The lowest BCUT2D eigenvalue weighted by Crippen LogP contribution is -2.17. The minimum atomic E-state index is -0.497. The maximum atomic E-state index is 12.0. The Labute approximate surface area is 151 Å². The molecule has 3 aromatic rings. The second-order valence-electron chi connectivity index (χ2n) is 5.70. The molecule has 1 N–H and O–H groups in total. The van der Waals surface area contributed by atoms with Gasteiger partial charge in [0.2, 0.25) is 5.91 Å². The highest BCUT2D eigenvalue weighted by Crippen LogP contribution is 2.21. The second kappa shape index (κ2) is 8.16. The van der Waals surface area contributed by atoms with Crippen molar-refractivity contribution in [2.24, 2.45) is 0 Å². The lowest BCUT2D eigenvalue weighted by Gasteiger charge is -2.09. The predicted octanol–water partition coefficient (Wildman–Crippen LogP) is 4.17. The fraction of sp³-hybridized carbons (Fsp3) is 0.143. The van der Waals surface area contributed by atoms with E-state index in [1.54, 1.807) is 37.3 Å². The van der Waals surface area contributed by atoms with Gasteiger partial charge in [-0.25, -0.2) is 4.79 Å². The molecule has 0 aromatic heterocycles. The largest absolute Gasteiger partial charge is 0.482 e. The minimum absolute atomic E-state index is 0.0853. The third-order valence-electron chi connectivity index (χ3n) is 3.75. The average molecular weight is 349 g/mol. The van der Waals surface area contributed by atoms with Crippen LogP contribution >= 0.6 is 0 Å². The van der Waals surface area contributed by atoms with Crippen LogP contribution in [-0.4, -0.2) is 18.5 Å². The number of fused-ring (bicyclic) bond motifs is 1. The molecule has 0 saturated carbocycles. The van der Waals surface area contributed by atoms with Crippen LogP contribution in [0.5, 0.6) is 11.5 Å². The molecular weight excluding hydrogens is 330 g/mol. The molecule has 0 aliphatic carbocycles. The summed E-state index contributed by atoms with van der Waals surface area (Å²) in [7, 11) is 0. The molecule has 0 saturated heterocycles. The Morgan fingerprint density at radius 3 is 2.50 bits per heavy atom. The van der Waals surface area contributed by atoms with Gasteiger partial charge in [-0.05, 0) is 35.0 Å². The van der Waals surface area contributed by atoms with Gasteiger partial charge in [-0.2, -0.15) is 0 Å². The monoisotopic (exact) mass is 349 g/mol. The third-order valence-corrected chi connectivity index (χ3v) is 3.75. The number of hydrogen-bond acceptors (Lipinski definition) is 4. The number of hydrogen-bond donors (Lipinski definition) is 1. The Hall–Kier alpha value is -3.34. The summed E-state index contributed by atoms with van der Waals surface area (Å²) < 4.78 is 10.8. The fourth-order valence-electron chi connectivity index (χ4n) is 2.45. The second-order valence-corrected chi connectivity index (χ2v) is 5.70. The lowest BCUT2D eigenvalue weighted by atomic mass is 10.1. The van der Waals surface area contributed by atoms with E-state index in [0.29, 0.717) is 23.6 Å². The fourth-order valence-corrected chi connectivity index (χ4v) is 2.45. The van der Waals surface area contributed by atoms with Crippen molar-refractivity contribution < 1.29 is 19.1 Å². The van der Waals surface area contributed by atoms with Gasteiger partial charge in [0.1, 0.15) is 11.5 Å². The normalized spacial score (nSPS) is 10.3. The van der Waals surface area contributed by atoms with Crippen LogP contribution in [0.3, 0.4) is 0 Å². The highest BCUT2D eigenvalue weighted by atomic mass is 16.6. The molecule has 0 radical (unpaired) electrons. The van der Waals surface area contributed by atoms with Crippen LogP contribution in [0.15, 0.2) is 66.7 Å². The van der Waals surface area contributed by atoms with Gasteiger partial charge in [0, 0.05) is 18.2 Å². The van der Waals surface area contributed by atoms with Crippen LogP contribution in [0.4, 0.5) is 5.69 Å². The van der Waals surface area contributed by atoms with Crippen LogP contribution in [0.2, 0.25) is 0 Å². The SMILES string of the molecule is CCC(=O)Nc1cccc(OCC(=O)Oc2ccc3ccccc3c2)c1. The first-order chi connectivity index (χ1) is 12.6. The first-order valence-electron chi connectivity index (χ1n) is 8.36. The van der Waals surface area contributed by atoms with Crippen LogP contribution in [-0.2, 0) is 9.59 Å². The maximum Gasteiger partial charge on any atom is 0.349 e. The summed E-state index contributed by atoms with van der Waals surface area (Å²) in [5.74, 6) is 0.372. The van der Waals surface area contributed by atoms with Crippen molar-refractivity contribution >= 4 is 28.3 Å². The Morgan fingerprint density at radius 1 is 0.885 bits per heavy atom. The zero-order chi connectivity index (χ0) is 18.4. The van der Waals surface area contributed by atoms with Crippen molar-refractivity contribution in [2.75, 3.05) is 11.9 Å². The van der Waals surface area contributed by atoms with Crippen molar-refractivity contribution in [1.29, 1.82) is 0 Å². The minimum Gasteiger partial charge on any atom is -0.482 e. The Kier molecular flexibility index (Phi) is 5.49. The van der Waals surface area contributed by atoms with Gasteiger partial charge in [-0.3, -0.25) is 4.79 Å². The van der Waals surface area contributed by atoms with Crippen LogP contribution in [0.1, 0.15) is 13.3 Å². The van der Waals surface area contributed by atoms with Crippen LogP contribution in [0, 0.1) is 0 Å². The molecule has 3 aromatic carbocycles. The lowest BCUT2D eigenvalue weighted by molar-refractivity contribution is -0.136. The van der Waals surface area contributed by atoms with Gasteiger partial charge >= 0.3 is 5.97 Å². The number of carbonyl (C=O) groups excluding carboxylic acids is 2. The summed E-state index contributed by atoms with van der Waals surface area (Å²) in [6.45, 7) is 1.55. The van der Waals surface area contributed by atoms with Crippen molar-refractivity contribution in [1.82, 2.24) is 0 Å². The van der Waals surface area contributed by atoms with Crippen molar-refractivity contribution in [3.8, 4) is 11.5 Å². The summed E-state index contributed by atoms with van der Waals surface area (Å²) in [5, 5.41) is 4.82. The predicted molar refractivity (Wildman–Crippen MR) is 100 cm³/mol. The molecule has 0 aliphatic heterocycles. The molecule has 5 heteroatoms. The maximum absolute atomic E-state index is 12.0. The average Bonchev–Trinajstić information content (AvgIpc) is 2.66. The van der Waals surface area contributed by atoms with Gasteiger partial charge in [-0.15, -0.1) is 0 Å². The molecule has 0 heterocycles. The van der Waals surface area contributed by atoms with E-state index in [1.165, 1.54) is 0 Å². The van der Waals surface area contributed by atoms with Crippen LogP contribution < -0.4 is 14.8 Å². The summed E-state index contributed by atoms with van der Waals surface area (Å²) in [4.78, 5) is 23.4. The number of anilines is 1. The van der Waals surface area contributed by atoms with Gasteiger partial charge in [-0.1, -0.05) is 43.3 Å². The van der Waals surface area contributed by atoms with Gasteiger partial charge in [0.25, 0.3) is 0 Å². The molecule has 3 rings (SSSR count). The molecule has 1 amide bonds. The summed E-state index contributed by atoms with van der Waals surface area (Å²) in [6, 6.07) is 20.2. The number of esters is 1. The van der Waals surface area contributed by atoms with E-state index in [0.717, 1.165) is 10.8 Å². The first kappa shape index (κ1) is 17.5. The molecule has 0 bridgehead atoms. The summed E-state index contributed by atoms with van der Waals surface area (Å²) >= 11 is 0. The van der Waals surface area contributed by atoms with E-state index in [4.69, 9.17) is 9.47 Å². The quantitative estimate of drug-likeness (QED) is 0.536. The van der Waals surface area contributed by atoms with Gasteiger partial charge in [0.05, 0.1) is 0 Å². The topological polar surface area (TPSA) is 64.6 Å². The number of benzene rings is 3. The molecule has 5 nitrogen and oxygen atoms in total. The number of rotatable bonds is 6. The molecule has 0 spiro atoms. The van der Waals surface area contributed by atoms with Crippen LogP contribution in [0.25, 0.3) is 10.8 Å². The van der Waals surface area contributed by atoms with E-state index in [2.05, 4.69) is 5.32 Å². The zero-order valence-corrected chi connectivity index (χ0v) is 14.4. The zero-order valence-electron chi connectivity index (χ0n) is 14.4. The van der Waals surface area contributed by atoms with Gasteiger partial charge < -0.3 is 14.8 Å². The van der Waals surface area contributed by atoms with Gasteiger partial charge in [0.15, 0.2) is 6.61 Å². The molecule has 0 unspecified atom stereocenters. The third kappa shape index (κ3) is 4.60. The Morgan fingerprint density at radius 2 is 1.69 bits per heavy atom. The molecular formula is C21H19NO4. The van der Waals surface area contributed by atoms with E-state index in [1.807, 2.05) is 36.4 Å². The number of carbonyl (C=O) groups is 2. The number of ether oxygens (including phenoxy) is 2. The van der Waals surface area contributed by atoms with Crippen molar-refractivity contribution in [3.05, 3.63) is 66.7 Å². The summed E-state index contributed by atoms with van der Waals surface area (Å²) in [5.41, 5.74) is 0.622. The van der Waals surface area contributed by atoms with Crippen molar-refractivity contribution in [2.45, 2.75) is 13.3 Å². The molecule has 0 aliphatic rings.